The molecule has 3 N–H and O–H groups in total. The number of nitrogens with zero attached hydrogens (tertiary/aromatic N) is 1. The zero-order chi connectivity index (χ0) is 35.8. The molecule has 2 atom stereocenters. The molecular formula is C35H31Cl2F2N3O8. The van der Waals surface area contributed by atoms with E-state index in [0.717, 1.165) is 25.2 Å². The average Bonchev–Trinajstić information content (AvgIpc) is 3.91. The molecule has 1 heterocycles. The van der Waals surface area contributed by atoms with Crippen molar-refractivity contribution >= 4 is 46.7 Å². The normalized spacial score (nSPS) is 13.6. The second-order valence-corrected chi connectivity index (χ2v) is 12.2. The molecule has 11 nitrogen and oxygen atoms in total. The van der Waals surface area contributed by atoms with Gasteiger partial charge in [0.2, 0.25) is 0 Å². The van der Waals surface area contributed by atoms with E-state index in [2.05, 4.69) is 15.4 Å². The van der Waals surface area contributed by atoms with Gasteiger partial charge in [0.15, 0.2) is 29.9 Å². The molecule has 1 fully saturated rings. The average molecular weight is 731 g/mol. The Balaban J connectivity index is 1.32. The van der Waals surface area contributed by atoms with Crippen LogP contribution in [0.4, 0.5) is 14.5 Å². The van der Waals surface area contributed by atoms with Gasteiger partial charge in [-0.25, -0.2) is 4.79 Å². The molecule has 4 aromatic rings. The van der Waals surface area contributed by atoms with Gasteiger partial charge >= 0.3 is 18.6 Å². The maximum atomic E-state index is 13.2. The lowest BCUT2D eigenvalue weighted by Gasteiger charge is -2.21. The molecule has 0 saturated heterocycles. The first-order valence-electron chi connectivity index (χ1n) is 15.4. The van der Waals surface area contributed by atoms with Gasteiger partial charge in [0.1, 0.15) is 22.7 Å². The fourth-order valence-corrected chi connectivity index (χ4v) is 5.57. The smallest absolute Gasteiger partial charge is 0.387 e. The van der Waals surface area contributed by atoms with Crippen LogP contribution in [0.5, 0.6) is 11.5 Å². The molecular weight excluding hydrogens is 699 g/mol. The van der Waals surface area contributed by atoms with Gasteiger partial charge in [-0.05, 0) is 60.2 Å². The van der Waals surface area contributed by atoms with E-state index < -0.39 is 43.1 Å². The Kier molecular flexibility index (Phi) is 11.9. The zero-order valence-corrected chi connectivity index (χ0v) is 27.7. The number of carboxylic acids is 1. The van der Waals surface area contributed by atoms with Crippen LogP contribution < -0.4 is 24.8 Å². The lowest BCUT2D eigenvalue weighted by molar-refractivity contribution is -0.605. The minimum absolute atomic E-state index is 0.00407. The molecule has 1 amide bonds. The number of aliphatic carboxylic acids is 1. The number of aromatic nitrogens is 1. The van der Waals surface area contributed by atoms with Crippen molar-refractivity contribution in [2.24, 2.45) is 5.92 Å². The number of benzene rings is 3. The molecule has 1 aromatic heterocycles. The van der Waals surface area contributed by atoms with Crippen LogP contribution in [0.1, 0.15) is 52.0 Å². The van der Waals surface area contributed by atoms with Crippen LogP contribution in [0.2, 0.25) is 10.0 Å². The summed E-state index contributed by atoms with van der Waals surface area (Å²) >= 11 is 12.6. The van der Waals surface area contributed by atoms with Gasteiger partial charge in [0.25, 0.3) is 5.91 Å². The number of alkyl halides is 2. The summed E-state index contributed by atoms with van der Waals surface area (Å²) in [7, 11) is 0. The van der Waals surface area contributed by atoms with Crippen LogP contribution in [-0.2, 0) is 20.7 Å². The quantitative estimate of drug-likeness (QED) is 0.0666. The minimum Gasteiger partial charge on any atom is -0.619 e. The van der Waals surface area contributed by atoms with E-state index in [1.165, 1.54) is 30.3 Å². The molecule has 0 spiro atoms. The Morgan fingerprint density at radius 2 is 1.66 bits per heavy atom. The standard InChI is InChI=1S/C35H31Cl2F2N3O8/c36-26-17-42(47)18-27(37)25(26)15-29(22-11-12-28(50-35(38)39)30(14-22)48-19-20-9-10-20)49-31(43)16-40-33(44)23-7-4-8-24(13-23)41-32(34(45)46)21-5-2-1-3-6-21/h1-8,11-14,17-18,20,29,32,35,41H,9-10,15-16,19H2,(H,40,44)(H,45,46)/t29-,32?/m0/s1. The molecule has 0 bridgehead atoms. The molecule has 1 unspecified atom stereocenters. The van der Waals surface area contributed by atoms with Gasteiger partial charge in [-0.3, -0.25) is 9.59 Å². The molecule has 50 heavy (non-hydrogen) atoms. The van der Waals surface area contributed by atoms with Crippen LogP contribution >= 0.6 is 23.2 Å². The van der Waals surface area contributed by atoms with Crippen LogP contribution in [-0.4, -0.2) is 42.7 Å². The molecule has 15 heteroatoms. The summed E-state index contributed by atoms with van der Waals surface area (Å²) in [5.74, 6) is -2.55. The van der Waals surface area contributed by atoms with Crippen molar-refractivity contribution in [1.82, 2.24) is 5.32 Å². The number of amides is 1. The van der Waals surface area contributed by atoms with E-state index in [4.69, 9.17) is 32.7 Å². The second-order valence-electron chi connectivity index (χ2n) is 11.4. The van der Waals surface area contributed by atoms with Crippen LogP contribution in [0, 0.1) is 11.1 Å². The molecule has 3 aromatic carbocycles. The second kappa shape index (κ2) is 16.5. The fraction of sp³-hybridized carbons (Fsp3) is 0.257. The highest BCUT2D eigenvalue weighted by Crippen LogP contribution is 2.38. The van der Waals surface area contributed by atoms with E-state index in [9.17, 15) is 33.5 Å². The number of halogens is 4. The zero-order valence-electron chi connectivity index (χ0n) is 26.2. The largest absolute Gasteiger partial charge is 0.619 e. The molecule has 1 aliphatic rings. The maximum absolute atomic E-state index is 13.2. The Morgan fingerprint density at radius 3 is 2.32 bits per heavy atom. The van der Waals surface area contributed by atoms with Gasteiger partial charge in [-0.1, -0.05) is 65.7 Å². The van der Waals surface area contributed by atoms with Crippen molar-refractivity contribution in [2.45, 2.75) is 38.0 Å². The maximum Gasteiger partial charge on any atom is 0.387 e. The lowest BCUT2D eigenvalue weighted by atomic mass is 10.0. The SMILES string of the molecule is O=C(CNC(=O)c1cccc(NC(C(=O)O)c2ccccc2)c1)O[C@@H](Cc1c(Cl)c[n+]([O-])cc1Cl)c1ccc(OC(F)F)c(OCC2CC2)c1. The summed E-state index contributed by atoms with van der Waals surface area (Å²) in [6.45, 7) is -3.41. The molecule has 262 valence electrons. The monoisotopic (exact) mass is 729 g/mol. The van der Waals surface area contributed by atoms with Crippen molar-refractivity contribution in [3.63, 3.8) is 0 Å². The van der Waals surface area contributed by atoms with E-state index in [1.54, 1.807) is 42.5 Å². The summed E-state index contributed by atoms with van der Waals surface area (Å²) in [4.78, 5) is 38.1. The number of carbonyl (C=O) groups is 3. The number of ether oxygens (including phenoxy) is 3. The summed E-state index contributed by atoms with van der Waals surface area (Å²) in [6, 6.07) is 17.6. The molecule has 5 rings (SSSR count). The fourth-order valence-electron chi connectivity index (χ4n) is 4.97. The molecule has 0 aliphatic heterocycles. The first-order valence-corrected chi connectivity index (χ1v) is 16.1. The highest BCUT2D eigenvalue weighted by molar-refractivity contribution is 6.35. The van der Waals surface area contributed by atoms with E-state index >= 15 is 0 Å². The topological polar surface area (TPSA) is 150 Å². The van der Waals surface area contributed by atoms with Gasteiger partial charge in [0.05, 0.1) is 6.61 Å². The first kappa shape index (κ1) is 36.1. The predicted octanol–water partition coefficient (Wildman–Crippen LogP) is 6.51. The molecule has 1 aliphatic carbocycles. The number of rotatable bonds is 16. The summed E-state index contributed by atoms with van der Waals surface area (Å²) in [5.41, 5.74) is 1.59. The first-order chi connectivity index (χ1) is 24.0. The number of pyridine rings is 1. The summed E-state index contributed by atoms with van der Waals surface area (Å²) < 4.78 is 42.9. The molecule has 1 saturated carbocycles. The Bertz CT molecular complexity index is 1820. The Labute approximate surface area is 295 Å². The van der Waals surface area contributed by atoms with Gasteiger partial charge in [0, 0.05) is 23.2 Å². The predicted molar refractivity (Wildman–Crippen MR) is 178 cm³/mol. The number of esters is 1. The third-order valence-electron chi connectivity index (χ3n) is 7.66. The van der Waals surface area contributed by atoms with Crippen LogP contribution in [0.25, 0.3) is 0 Å². The number of nitrogens with one attached hydrogen (secondary N) is 2. The number of anilines is 1. The van der Waals surface area contributed by atoms with Crippen molar-refractivity contribution in [3.8, 4) is 11.5 Å². The molecule has 0 radical (unpaired) electrons. The number of carbonyl (C=O) groups excluding carboxylic acids is 2. The number of hydrogen-bond donors (Lipinski definition) is 3. The van der Waals surface area contributed by atoms with Gasteiger partial charge in [-0.2, -0.15) is 13.5 Å². The Morgan fingerprint density at radius 1 is 0.940 bits per heavy atom. The minimum atomic E-state index is -3.11. The van der Waals surface area contributed by atoms with E-state index in [-0.39, 0.29) is 51.6 Å². The highest BCUT2D eigenvalue weighted by Gasteiger charge is 2.27. The number of hydrogen-bond acceptors (Lipinski definition) is 8. The summed E-state index contributed by atoms with van der Waals surface area (Å²) in [5, 5.41) is 27.0. The lowest BCUT2D eigenvalue weighted by Crippen LogP contribution is -2.32. The van der Waals surface area contributed by atoms with Crippen LogP contribution in [0.3, 0.4) is 0 Å². The Hall–Kier alpha value is -5.14. The third kappa shape index (κ3) is 9.95. The van der Waals surface area contributed by atoms with Crippen molar-refractivity contribution in [2.75, 3.05) is 18.5 Å². The van der Waals surface area contributed by atoms with Gasteiger partial charge in [-0.15, -0.1) is 0 Å². The van der Waals surface area contributed by atoms with Crippen LogP contribution in [0.15, 0.2) is 85.2 Å². The third-order valence-corrected chi connectivity index (χ3v) is 8.31. The highest BCUT2D eigenvalue weighted by atomic mass is 35.5. The summed E-state index contributed by atoms with van der Waals surface area (Å²) in [6.07, 6.45) is 2.78. The van der Waals surface area contributed by atoms with Crippen molar-refractivity contribution in [3.05, 3.63) is 123 Å². The van der Waals surface area contributed by atoms with E-state index in [0.29, 0.717) is 21.5 Å². The number of carboxylic acid groups (broad SMARTS) is 1. The van der Waals surface area contributed by atoms with Crippen molar-refractivity contribution < 1.29 is 47.2 Å². The van der Waals surface area contributed by atoms with Crippen molar-refractivity contribution in [1.29, 1.82) is 0 Å². The van der Waals surface area contributed by atoms with Gasteiger partial charge < -0.3 is 35.2 Å². The van der Waals surface area contributed by atoms with E-state index in [1.807, 2.05) is 0 Å².